The molecule has 0 saturated carbocycles. The maximum Gasteiger partial charge on any atom is 0.335 e. The molecule has 0 aliphatic carbocycles. The van der Waals surface area contributed by atoms with E-state index in [-0.39, 0.29) is 11.4 Å². The standard InChI is InChI=1S/C11H9BO3/c1-6(12)10-7-4-5-15-9(7)3-2-8(10)11(13)14/h2-6H,1H3,(H,13,14)/q-1. The lowest BCUT2D eigenvalue weighted by Crippen LogP contribution is -2.05. The van der Waals surface area contributed by atoms with E-state index < -0.39 is 5.97 Å². The molecule has 0 fully saturated rings. The summed E-state index contributed by atoms with van der Waals surface area (Å²) in [7, 11) is 5.77. The molecule has 1 unspecified atom stereocenters. The third kappa shape index (κ3) is 1.52. The quantitative estimate of drug-likeness (QED) is 0.757. The van der Waals surface area contributed by atoms with Gasteiger partial charge in [0.15, 0.2) is 0 Å². The van der Waals surface area contributed by atoms with Crippen LogP contribution in [0.5, 0.6) is 0 Å². The summed E-state index contributed by atoms with van der Waals surface area (Å²) in [6.45, 7) is 1.76. The van der Waals surface area contributed by atoms with Gasteiger partial charge in [-0.25, -0.2) is 10.6 Å². The molecule has 15 heavy (non-hydrogen) atoms. The number of hydrogen-bond acceptors (Lipinski definition) is 2. The number of hydrogen-bond donors (Lipinski definition) is 1. The zero-order valence-electron chi connectivity index (χ0n) is 8.23. The van der Waals surface area contributed by atoms with Crippen molar-refractivity contribution < 1.29 is 14.3 Å². The van der Waals surface area contributed by atoms with Crippen LogP contribution in [0.2, 0.25) is 0 Å². The highest BCUT2D eigenvalue weighted by Crippen LogP contribution is 2.28. The summed E-state index contributed by atoms with van der Waals surface area (Å²) in [4.78, 5) is 11.0. The fourth-order valence-electron chi connectivity index (χ4n) is 1.74. The van der Waals surface area contributed by atoms with Crippen molar-refractivity contribution >= 4 is 24.8 Å². The van der Waals surface area contributed by atoms with Gasteiger partial charge in [0, 0.05) is 5.39 Å². The average molecular weight is 200 g/mol. The molecule has 75 valence electrons. The number of furan rings is 1. The zero-order chi connectivity index (χ0) is 11.0. The molecule has 0 bridgehead atoms. The predicted molar refractivity (Wildman–Crippen MR) is 57.3 cm³/mol. The predicted octanol–water partition coefficient (Wildman–Crippen LogP) is 2.36. The van der Waals surface area contributed by atoms with E-state index in [1.165, 1.54) is 12.3 Å². The van der Waals surface area contributed by atoms with Gasteiger partial charge in [-0.1, -0.05) is 12.5 Å². The molecule has 2 rings (SSSR count). The van der Waals surface area contributed by atoms with Gasteiger partial charge in [0.2, 0.25) is 0 Å². The minimum atomic E-state index is -0.967. The fraction of sp³-hybridized carbons (Fsp3) is 0.182. The molecule has 0 amide bonds. The first-order valence-corrected chi connectivity index (χ1v) is 4.60. The SMILES string of the molecule is [B-]C(C)c1c(C(=O)O)ccc2occc12. The molecular formula is C11H9BO3-. The summed E-state index contributed by atoms with van der Waals surface area (Å²) in [5, 5.41) is 9.79. The van der Waals surface area contributed by atoms with Crippen LogP contribution in [0.4, 0.5) is 0 Å². The Balaban J connectivity index is 2.81. The molecule has 0 saturated heterocycles. The Kier molecular flexibility index (Phi) is 2.27. The second-order valence-electron chi connectivity index (χ2n) is 3.45. The maximum atomic E-state index is 11.0. The zero-order valence-corrected chi connectivity index (χ0v) is 8.23. The first-order chi connectivity index (χ1) is 7.11. The highest BCUT2D eigenvalue weighted by atomic mass is 16.4. The van der Waals surface area contributed by atoms with Crippen molar-refractivity contribution in [2.45, 2.75) is 12.7 Å². The van der Waals surface area contributed by atoms with Crippen molar-refractivity contribution in [1.82, 2.24) is 0 Å². The van der Waals surface area contributed by atoms with Crippen molar-refractivity contribution in [3.63, 3.8) is 0 Å². The number of benzene rings is 1. The number of aromatic carboxylic acids is 1. The van der Waals surface area contributed by atoms with Crippen molar-refractivity contribution in [3.05, 3.63) is 35.6 Å². The molecule has 2 aromatic rings. The van der Waals surface area contributed by atoms with E-state index in [0.717, 1.165) is 5.39 Å². The van der Waals surface area contributed by atoms with Crippen LogP contribution in [0, 0.1) is 0 Å². The van der Waals surface area contributed by atoms with Gasteiger partial charge in [-0.3, -0.25) is 0 Å². The maximum absolute atomic E-state index is 11.0. The van der Waals surface area contributed by atoms with Crippen LogP contribution in [-0.2, 0) is 0 Å². The van der Waals surface area contributed by atoms with E-state index in [9.17, 15) is 4.79 Å². The second-order valence-corrected chi connectivity index (χ2v) is 3.45. The van der Waals surface area contributed by atoms with Crippen molar-refractivity contribution in [2.24, 2.45) is 0 Å². The van der Waals surface area contributed by atoms with Crippen LogP contribution < -0.4 is 0 Å². The molecule has 1 heterocycles. The minimum absolute atomic E-state index is 0.235. The second kappa shape index (κ2) is 3.46. The Morgan fingerprint density at radius 1 is 1.47 bits per heavy atom. The van der Waals surface area contributed by atoms with Crippen molar-refractivity contribution in [2.75, 3.05) is 0 Å². The van der Waals surface area contributed by atoms with Gasteiger partial charge in [-0.2, -0.15) is 0 Å². The summed E-state index contributed by atoms with van der Waals surface area (Å²) in [6, 6.07) is 4.90. The largest absolute Gasteiger partial charge is 0.616 e. The lowest BCUT2D eigenvalue weighted by molar-refractivity contribution is 0.0696. The Labute approximate surface area is 88.1 Å². The Bertz CT molecular complexity index is 514. The van der Waals surface area contributed by atoms with E-state index >= 15 is 0 Å². The molecule has 3 radical (unpaired) electrons. The smallest absolute Gasteiger partial charge is 0.335 e. The van der Waals surface area contributed by atoms with Crippen LogP contribution in [0.3, 0.4) is 0 Å². The molecule has 3 nitrogen and oxygen atoms in total. The van der Waals surface area contributed by atoms with Gasteiger partial charge in [-0.05, 0) is 18.2 Å². The van der Waals surface area contributed by atoms with Gasteiger partial charge in [-0.15, -0.1) is 0 Å². The number of carboxylic acids is 1. The van der Waals surface area contributed by atoms with Gasteiger partial charge in [0.25, 0.3) is 0 Å². The van der Waals surface area contributed by atoms with E-state index in [1.54, 1.807) is 19.1 Å². The average Bonchev–Trinajstić information content (AvgIpc) is 2.62. The van der Waals surface area contributed by atoms with Gasteiger partial charge < -0.3 is 17.4 Å². The molecule has 1 aromatic heterocycles. The molecule has 4 heteroatoms. The van der Waals surface area contributed by atoms with Crippen LogP contribution in [0.25, 0.3) is 11.0 Å². The number of fused-ring (bicyclic) bond motifs is 1. The monoisotopic (exact) mass is 200 g/mol. The van der Waals surface area contributed by atoms with Crippen LogP contribution >= 0.6 is 0 Å². The Morgan fingerprint density at radius 3 is 2.80 bits per heavy atom. The van der Waals surface area contributed by atoms with Crippen LogP contribution in [-0.4, -0.2) is 18.9 Å². The van der Waals surface area contributed by atoms with Gasteiger partial charge >= 0.3 is 5.97 Å². The molecule has 0 spiro atoms. The summed E-state index contributed by atoms with van der Waals surface area (Å²) >= 11 is 0. The third-order valence-corrected chi connectivity index (χ3v) is 2.36. The molecule has 1 atom stereocenters. The molecular weight excluding hydrogens is 191 g/mol. The Morgan fingerprint density at radius 2 is 2.20 bits per heavy atom. The van der Waals surface area contributed by atoms with Crippen molar-refractivity contribution in [3.8, 4) is 0 Å². The lowest BCUT2D eigenvalue weighted by atomic mass is 9.79. The third-order valence-electron chi connectivity index (χ3n) is 2.36. The van der Waals surface area contributed by atoms with E-state index in [1.807, 2.05) is 0 Å². The highest BCUT2D eigenvalue weighted by molar-refractivity contribution is 6.15. The number of carbonyl (C=O) groups is 1. The van der Waals surface area contributed by atoms with Crippen LogP contribution in [0.15, 0.2) is 28.9 Å². The van der Waals surface area contributed by atoms with E-state index in [0.29, 0.717) is 11.1 Å². The van der Waals surface area contributed by atoms with E-state index in [2.05, 4.69) is 0 Å². The number of rotatable bonds is 2. The fourth-order valence-corrected chi connectivity index (χ4v) is 1.74. The van der Waals surface area contributed by atoms with Crippen molar-refractivity contribution in [1.29, 1.82) is 0 Å². The Hall–Kier alpha value is -1.71. The summed E-state index contributed by atoms with van der Waals surface area (Å²) < 4.78 is 5.19. The lowest BCUT2D eigenvalue weighted by Gasteiger charge is -2.21. The molecule has 1 aromatic carbocycles. The van der Waals surface area contributed by atoms with Gasteiger partial charge in [0.1, 0.15) is 5.58 Å². The first-order valence-electron chi connectivity index (χ1n) is 4.60. The molecule has 0 aliphatic rings. The minimum Gasteiger partial charge on any atom is -0.616 e. The highest BCUT2D eigenvalue weighted by Gasteiger charge is 2.12. The topological polar surface area (TPSA) is 50.4 Å². The molecule has 1 N–H and O–H groups in total. The normalized spacial score (nSPS) is 12.9. The summed E-state index contributed by atoms with van der Waals surface area (Å²) in [5.41, 5.74) is 1.51. The van der Waals surface area contributed by atoms with E-state index in [4.69, 9.17) is 17.4 Å². The molecule has 0 aliphatic heterocycles. The van der Waals surface area contributed by atoms with Gasteiger partial charge in [0.05, 0.1) is 11.8 Å². The number of carboxylic acid groups (broad SMARTS) is 1. The summed E-state index contributed by atoms with van der Waals surface area (Å²) in [5.74, 6) is -1.30. The first kappa shape index (κ1) is 9.83. The van der Waals surface area contributed by atoms with Crippen LogP contribution in [0.1, 0.15) is 28.7 Å². The summed E-state index contributed by atoms with van der Waals surface area (Å²) in [6.07, 6.45) is 1.53.